The van der Waals surface area contributed by atoms with E-state index in [2.05, 4.69) is 5.32 Å². The number of hydrogen-bond acceptors (Lipinski definition) is 5. The van der Waals surface area contributed by atoms with Crippen molar-refractivity contribution in [3.8, 4) is 6.07 Å². The Kier molecular flexibility index (Phi) is 2.93. The largest absolute Gasteiger partial charge is 0.393 e. The number of aliphatic hydroxyl groups excluding tert-OH is 1. The molecule has 0 heterocycles. The maximum Gasteiger partial charge on any atom is 0.293 e. The normalized spacial score (nSPS) is 22.4. The van der Waals surface area contributed by atoms with Crippen molar-refractivity contribution in [1.29, 1.82) is 5.26 Å². The molecule has 1 fully saturated rings. The van der Waals surface area contributed by atoms with Gasteiger partial charge in [0, 0.05) is 12.1 Å². The highest BCUT2D eigenvalue weighted by Crippen LogP contribution is 2.30. The summed E-state index contributed by atoms with van der Waals surface area (Å²) in [5.41, 5.74) is 0.548. The number of benzene rings is 1. The van der Waals surface area contributed by atoms with Gasteiger partial charge in [0.2, 0.25) is 0 Å². The number of hydrogen-bond donors (Lipinski definition) is 2. The molecule has 1 aromatic rings. The predicted octanol–water partition coefficient (Wildman–Crippen LogP) is 1.40. The minimum Gasteiger partial charge on any atom is -0.393 e. The van der Waals surface area contributed by atoms with E-state index < -0.39 is 4.92 Å². The molecule has 0 aromatic heterocycles. The lowest BCUT2D eigenvalue weighted by Gasteiger charge is -2.32. The second kappa shape index (κ2) is 4.39. The third-order valence-electron chi connectivity index (χ3n) is 2.80. The van der Waals surface area contributed by atoms with Gasteiger partial charge in [-0.1, -0.05) is 0 Å². The summed E-state index contributed by atoms with van der Waals surface area (Å²) in [4.78, 5) is 10.3. The molecule has 88 valence electrons. The highest BCUT2D eigenvalue weighted by atomic mass is 16.6. The maximum atomic E-state index is 10.8. The quantitative estimate of drug-likeness (QED) is 0.607. The first kappa shape index (κ1) is 11.4. The highest BCUT2D eigenvalue weighted by Gasteiger charge is 2.28. The zero-order chi connectivity index (χ0) is 12.4. The molecule has 0 amide bonds. The molecule has 6 heteroatoms. The molecule has 6 nitrogen and oxygen atoms in total. The van der Waals surface area contributed by atoms with Crippen LogP contribution >= 0.6 is 0 Å². The molecule has 0 saturated heterocycles. The topological polar surface area (TPSA) is 99.2 Å². The lowest BCUT2D eigenvalue weighted by atomic mass is 9.89. The van der Waals surface area contributed by atoms with Crippen molar-refractivity contribution in [2.24, 2.45) is 0 Å². The third-order valence-corrected chi connectivity index (χ3v) is 2.80. The van der Waals surface area contributed by atoms with Gasteiger partial charge in [0.25, 0.3) is 5.69 Å². The van der Waals surface area contributed by atoms with E-state index in [9.17, 15) is 10.1 Å². The van der Waals surface area contributed by atoms with Crippen LogP contribution in [0.25, 0.3) is 0 Å². The SMILES string of the molecule is N#Cc1ccc(NC2CC(O)C2)c([N+](=O)[O-])c1. The van der Waals surface area contributed by atoms with E-state index in [-0.39, 0.29) is 23.4 Å². The number of rotatable bonds is 3. The predicted molar refractivity (Wildman–Crippen MR) is 60.5 cm³/mol. The monoisotopic (exact) mass is 233 g/mol. The van der Waals surface area contributed by atoms with Gasteiger partial charge in [-0.2, -0.15) is 5.26 Å². The average Bonchev–Trinajstić information content (AvgIpc) is 2.27. The molecule has 1 saturated carbocycles. The van der Waals surface area contributed by atoms with Crippen LogP contribution in [0, 0.1) is 21.4 Å². The number of nitro groups is 1. The minimum atomic E-state index is -0.516. The van der Waals surface area contributed by atoms with Gasteiger partial charge in [0.15, 0.2) is 0 Å². The zero-order valence-electron chi connectivity index (χ0n) is 8.96. The summed E-state index contributed by atoms with van der Waals surface area (Å²) in [6.45, 7) is 0. The van der Waals surface area contributed by atoms with Gasteiger partial charge < -0.3 is 10.4 Å². The Balaban J connectivity index is 2.21. The van der Waals surface area contributed by atoms with Crippen LogP contribution in [0.3, 0.4) is 0 Å². The molecule has 0 bridgehead atoms. The number of aliphatic hydroxyl groups is 1. The Hall–Kier alpha value is -2.13. The smallest absolute Gasteiger partial charge is 0.293 e. The number of nitrogens with one attached hydrogen (secondary N) is 1. The lowest BCUT2D eigenvalue weighted by Crippen LogP contribution is -2.39. The Morgan fingerprint density at radius 2 is 2.24 bits per heavy atom. The van der Waals surface area contributed by atoms with Crippen LogP contribution in [-0.2, 0) is 0 Å². The van der Waals surface area contributed by atoms with E-state index in [4.69, 9.17) is 10.4 Å². The Labute approximate surface area is 97.6 Å². The van der Waals surface area contributed by atoms with Gasteiger partial charge in [0.05, 0.1) is 22.7 Å². The van der Waals surface area contributed by atoms with Crippen LogP contribution in [-0.4, -0.2) is 22.2 Å². The van der Waals surface area contributed by atoms with Crippen LogP contribution in [0.15, 0.2) is 18.2 Å². The molecule has 2 N–H and O–H groups in total. The van der Waals surface area contributed by atoms with Gasteiger partial charge in [0.1, 0.15) is 5.69 Å². The molecule has 0 atom stereocenters. The molecular formula is C11H11N3O3. The average molecular weight is 233 g/mol. The summed E-state index contributed by atoms with van der Waals surface area (Å²) in [7, 11) is 0. The van der Waals surface area contributed by atoms with E-state index >= 15 is 0 Å². The molecule has 0 aliphatic heterocycles. The standard InChI is InChI=1S/C11H11N3O3/c12-6-7-1-2-10(11(3-7)14(16)17)13-8-4-9(15)5-8/h1-3,8-9,13,15H,4-5H2. The highest BCUT2D eigenvalue weighted by molar-refractivity contribution is 5.64. The molecule has 1 aliphatic carbocycles. The summed E-state index contributed by atoms with van der Waals surface area (Å²) < 4.78 is 0. The maximum absolute atomic E-state index is 10.8. The molecule has 2 rings (SSSR count). The molecule has 0 radical (unpaired) electrons. The van der Waals surface area contributed by atoms with Crippen LogP contribution < -0.4 is 5.32 Å². The fraction of sp³-hybridized carbons (Fsp3) is 0.364. The van der Waals surface area contributed by atoms with Gasteiger partial charge in [-0.05, 0) is 25.0 Å². The summed E-state index contributed by atoms with van der Waals surface area (Å²) in [6, 6.07) is 6.24. The molecule has 0 unspecified atom stereocenters. The van der Waals surface area contributed by atoms with E-state index in [0.29, 0.717) is 18.5 Å². The van der Waals surface area contributed by atoms with Crippen molar-refractivity contribution < 1.29 is 10.0 Å². The molecule has 1 aliphatic rings. The van der Waals surface area contributed by atoms with E-state index in [1.807, 2.05) is 6.07 Å². The van der Waals surface area contributed by atoms with Gasteiger partial charge in [-0.25, -0.2) is 0 Å². The van der Waals surface area contributed by atoms with Crippen molar-refractivity contribution in [1.82, 2.24) is 0 Å². The molecule has 1 aromatic carbocycles. The van der Waals surface area contributed by atoms with E-state index in [0.717, 1.165) is 0 Å². The molecular weight excluding hydrogens is 222 g/mol. The number of nitrogens with zero attached hydrogens (tertiary/aromatic N) is 2. The van der Waals surface area contributed by atoms with Gasteiger partial charge >= 0.3 is 0 Å². The minimum absolute atomic E-state index is 0.0663. The number of nitriles is 1. The van der Waals surface area contributed by atoms with Crippen molar-refractivity contribution >= 4 is 11.4 Å². The van der Waals surface area contributed by atoms with Gasteiger partial charge in [-0.3, -0.25) is 10.1 Å². The fourth-order valence-electron chi connectivity index (χ4n) is 1.80. The first-order chi connectivity index (χ1) is 8.10. The zero-order valence-corrected chi connectivity index (χ0v) is 8.96. The second-order valence-corrected chi connectivity index (χ2v) is 4.07. The lowest BCUT2D eigenvalue weighted by molar-refractivity contribution is -0.384. The van der Waals surface area contributed by atoms with E-state index in [1.54, 1.807) is 0 Å². The van der Waals surface area contributed by atoms with Crippen LogP contribution in [0.1, 0.15) is 18.4 Å². The van der Waals surface area contributed by atoms with Crippen molar-refractivity contribution in [3.63, 3.8) is 0 Å². The van der Waals surface area contributed by atoms with Crippen LogP contribution in [0.4, 0.5) is 11.4 Å². The van der Waals surface area contributed by atoms with Crippen LogP contribution in [0.2, 0.25) is 0 Å². The summed E-state index contributed by atoms with van der Waals surface area (Å²) in [5, 5.41) is 31.7. The van der Waals surface area contributed by atoms with Crippen molar-refractivity contribution in [2.75, 3.05) is 5.32 Å². The van der Waals surface area contributed by atoms with E-state index in [1.165, 1.54) is 18.2 Å². The Morgan fingerprint density at radius 3 is 2.76 bits per heavy atom. The fourth-order valence-corrected chi connectivity index (χ4v) is 1.80. The van der Waals surface area contributed by atoms with Crippen LogP contribution in [0.5, 0.6) is 0 Å². The first-order valence-corrected chi connectivity index (χ1v) is 5.23. The van der Waals surface area contributed by atoms with Gasteiger partial charge in [-0.15, -0.1) is 0 Å². The Morgan fingerprint density at radius 1 is 1.53 bits per heavy atom. The summed E-state index contributed by atoms with van der Waals surface area (Å²) in [5.74, 6) is 0. The summed E-state index contributed by atoms with van der Waals surface area (Å²) >= 11 is 0. The Bertz CT molecular complexity index is 489. The third kappa shape index (κ3) is 2.34. The second-order valence-electron chi connectivity index (χ2n) is 4.07. The number of nitro benzene ring substituents is 1. The van der Waals surface area contributed by atoms with Crippen molar-refractivity contribution in [3.05, 3.63) is 33.9 Å². The number of anilines is 1. The summed E-state index contributed by atoms with van der Waals surface area (Å²) in [6.07, 6.45) is 0.874. The van der Waals surface area contributed by atoms with Crippen molar-refractivity contribution in [2.45, 2.75) is 25.0 Å². The first-order valence-electron chi connectivity index (χ1n) is 5.23. The molecule has 0 spiro atoms. The molecule has 17 heavy (non-hydrogen) atoms.